The van der Waals surface area contributed by atoms with Crippen LogP contribution in [0.1, 0.15) is 12.0 Å². The lowest BCUT2D eigenvalue weighted by molar-refractivity contribution is -0.116. The number of nitrogens with zero attached hydrogens (tertiary/aromatic N) is 2. The fraction of sp³-hybridized carbons (Fsp3) is 0.250. The van der Waals surface area contributed by atoms with Crippen molar-refractivity contribution in [2.45, 2.75) is 19.9 Å². The Morgan fingerprint density at radius 2 is 1.85 bits per heavy atom. The van der Waals surface area contributed by atoms with Gasteiger partial charge in [-0.25, -0.2) is 4.98 Å². The Labute approximate surface area is 156 Å². The highest BCUT2D eigenvalue weighted by molar-refractivity contribution is 5.92. The topological polar surface area (TPSA) is 82.5 Å². The van der Waals surface area contributed by atoms with Crippen molar-refractivity contribution < 1.29 is 14.3 Å². The Morgan fingerprint density at radius 1 is 1.15 bits per heavy atom. The van der Waals surface area contributed by atoms with E-state index in [4.69, 9.17) is 9.47 Å². The summed E-state index contributed by atoms with van der Waals surface area (Å²) >= 11 is 0. The molecule has 0 saturated heterocycles. The first-order valence-corrected chi connectivity index (χ1v) is 8.50. The molecule has 27 heavy (non-hydrogen) atoms. The van der Waals surface area contributed by atoms with Crippen LogP contribution in [0.4, 0.5) is 5.69 Å². The third-order valence-electron chi connectivity index (χ3n) is 4.32. The summed E-state index contributed by atoms with van der Waals surface area (Å²) in [6.07, 6.45) is 1.62. The summed E-state index contributed by atoms with van der Waals surface area (Å²) in [4.78, 5) is 29.1. The Hall–Kier alpha value is -3.35. The summed E-state index contributed by atoms with van der Waals surface area (Å²) in [7, 11) is 3.10. The molecule has 0 atom stereocenters. The average Bonchev–Trinajstić information content (AvgIpc) is 2.69. The van der Waals surface area contributed by atoms with E-state index in [1.54, 1.807) is 37.4 Å². The number of anilines is 1. The molecule has 0 spiro atoms. The number of carbonyl (C=O) groups is 1. The van der Waals surface area contributed by atoms with E-state index in [2.05, 4.69) is 10.3 Å². The highest BCUT2D eigenvalue weighted by Gasteiger charge is 2.12. The minimum absolute atomic E-state index is 0.147. The Kier molecular flexibility index (Phi) is 5.40. The molecule has 1 heterocycles. The molecule has 7 nitrogen and oxygen atoms in total. The van der Waals surface area contributed by atoms with Crippen LogP contribution in [0.3, 0.4) is 0 Å². The molecule has 2 aromatic carbocycles. The normalized spacial score (nSPS) is 10.6. The highest BCUT2D eigenvalue weighted by atomic mass is 16.5. The largest absolute Gasteiger partial charge is 0.493 e. The third kappa shape index (κ3) is 3.92. The van der Waals surface area contributed by atoms with Crippen molar-refractivity contribution in [2.75, 3.05) is 19.5 Å². The van der Waals surface area contributed by atoms with Crippen LogP contribution in [0.2, 0.25) is 0 Å². The number of hydrogen-bond donors (Lipinski definition) is 1. The second kappa shape index (κ2) is 7.90. The molecule has 7 heteroatoms. The maximum Gasteiger partial charge on any atom is 0.261 e. The van der Waals surface area contributed by atoms with Crippen LogP contribution < -0.4 is 20.3 Å². The summed E-state index contributed by atoms with van der Waals surface area (Å²) in [6.45, 7) is 2.12. The van der Waals surface area contributed by atoms with E-state index in [9.17, 15) is 9.59 Å². The van der Waals surface area contributed by atoms with Gasteiger partial charge < -0.3 is 14.8 Å². The predicted molar refractivity (Wildman–Crippen MR) is 104 cm³/mol. The smallest absolute Gasteiger partial charge is 0.261 e. The Bertz CT molecular complexity index is 1040. The zero-order valence-corrected chi connectivity index (χ0v) is 15.5. The minimum Gasteiger partial charge on any atom is -0.493 e. The number of fused-ring (bicyclic) bond motifs is 1. The van der Waals surface area contributed by atoms with Crippen molar-refractivity contribution in [2.24, 2.45) is 0 Å². The maximum atomic E-state index is 12.5. The number of rotatable bonds is 6. The molecule has 0 aliphatic carbocycles. The van der Waals surface area contributed by atoms with Gasteiger partial charge in [-0.15, -0.1) is 0 Å². The number of aromatic nitrogens is 2. The van der Waals surface area contributed by atoms with Gasteiger partial charge >= 0.3 is 0 Å². The van der Waals surface area contributed by atoms with E-state index in [0.29, 0.717) is 28.1 Å². The number of ether oxygens (including phenoxy) is 2. The number of para-hydroxylation sites is 1. The zero-order chi connectivity index (χ0) is 19.4. The maximum absolute atomic E-state index is 12.5. The highest BCUT2D eigenvalue weighted by Crippen LogP contribution is 2.32. The van der Waals surface area contributed by atoms with E-state index in [-0.39, 0.29) is 24.4 Å². The third-order valence-corrected chi connectivity index (χ3v) is 4.32. The lowest BCUT2D eigenvalue weighted by Crippen LogP contribution is -2.23. The summed E-state index contributed by atoms with van der Waals surface area (Å²) < 4.78 is 12.0. The van der Waals surface area contributed by atoms with Crippen molar-refractivity contribution in [1.29, 1.82) is 0 Å². The molecule has 0 fully saturated rings. The first-order valence-electron chi connectivity index (χ1n) is 8.50. The summed E-state index contributed by atoms with van der Waals surface area (Å²) in [5.74, 6) is 0.931. The molecule has 0 bridgehead atoms. The molecular formula is C20H21N3O4. The number of nitrogens with one attached hydrogen (secondary N) is 1. The molecule has 0 aliphatic rings. The van der Waals surface area contributed by atoms with Crippen LogP contribution in [-0.2, 0) is 11.3 Å². The summed E-state index contributed by atoms with van der Waals surface area (Å²) in [5, 5.41) is 3.39. The zero-order valence-electron chi connectivity index (χ0n) is 15.5. The van der Waals surface area contributed by atoms with E-state index in [1.807, 2.05) is 13.0 Å². The molecule has 0 radical (unpaired) electrons. The molecule has 1 aromatic heterocycles. The lowest BCUT2D eigenvalue weighted by Gasteiger charge is -2.14. The number of amides is 1. The first kappa shape index (κ1) is 18.4. The monoisotopic (exact) mass is 367 g/mol. The van der Waals surface area contributed by atoms with Crippen molar-refractivity contribution in [3.8, 4) is 11.5 Å². The van der Waals surface area contributed by atoms with Gasteiger partial charge in [0.15, 0.2) is 11.5 Å². The van der Waals surface area contributed by atoms with Crippen LogP contribution in [0.25, 0.3) is 10.9 Å². The van der Waals surface area contributed by atoms with Crippen LogP contribution in [-0.4, -0.2) is 29.7 Å². The molecule has 1 amide bonds. The number of benzene rings is 2. The Balaban J connectivity index is 1.72. The molecule has 3 aromatic rings. The van der Waals surface area contributed by atoms with E-state index >= 15 is 0 Å². The van der Waals surface area contributed by atoms with Gasteiger partial charge in [-0.2, -0.15) is 0 Å². The Morgan fingerprint density at radius 3 is 2.59 bits per heavy atom. The standard InChI is InChI=1S/C20H21N3O4/c1-13-10-17(26-2)18(27-3)11-16(13)22-19(24)8-9-23-12-21-15-7-5-4-6-14(15)20(23)25/h4-7,10-12H,8-9H2,1-3H3,(H,22,24). The van der Waals surface area contributed by atoms with E-state index in [1.165, 1.54) is 18.0 Å². The molecule has 0 saturated carbocycles. The second-order valence-electron chi connectivity index (χ2n) is 6.08. The van der Waals surface area contributed by atoms with Gasteiger partial charge in [0, 0.05) is 24.7 Å². The number of aryl methyl sites for hydroxylation is 2. The van der Waals surface area contributed by atoms with Crippen molar-refractivity contribution >= 4 is 22.5 Å². The quantitative estimate of drug-likeness (QED) is 0.724. The van der Waals surface area contributed by atoms with Crippen LogP contribution in [0.15, 0.2) is 47.5 Å². The van der Waals surface area contributed by atoms with Gasteiger partial charge in [-0.05, 0) is 30.7 Å². The second-order valence-corrected chi connectivity index (χ2v) is 6.08. The van der Waals surface area contributed by atoms with Crippen LogP contribution >= 0.6 is 0 Å². The SMILES string of the molecule is COc1cc(C)c(NC(=O)CCn2cnc3ccccc3c2=O)cc1OC. The van der Waals surface area contributed by atoms with Crippen LogP contribution in [0, 0.1) is 6.92 Å². The van der Waals surface area contributed by atoms with Crippen molar-refractivity contribution in [3.05, 3.63) is 58.6 Å². The van der Waals surface area contributed by atoms with Gasteiger partial charge in [0.2, 0.25) is 5.91 Å². The fourth-order valence-electron chi connectivity index (χ4n) is 2.82. The van der Waals surface area contributed by atoms with Gasteiger partial charge in [0.1, 0.15) is 0 Å². The van der Waals surface area contributed by atoms with Gasteiger partial charge in [0.05, 0.1) is 31.4 Å². The molecule has 0 unspecified atom stereocenters. The molecule has 140 valence electrons. The lowest BCUT2D eigenvalue weighted by atomic mass is 10.1. The van der Waals surface area contributed by atoms with Gasteiger partial charge in [-0.1, -0.05) is 12.1 Å². The van der Waals surface area contributed by atoms with Crippen LogP contribution in [0.5, 0.6) is 11.5 Å². The van der Waals surface area contributed by atoms with Gasteiger partial charge in [0.25, 0.3) is 5.56 Å². The summed E-state index contributed by atoms with van der Waals surface area (Å²) in [5.41, 5.74) is 1.98. The molecule has 1 N–H and O–H groups in total. The summed E-state index contributed by atoms with van der Waals surface area (Å²) in [6, 6.07) is 10.7. The fourth-order valence-corrected chi connectivity index (χ4v) is 2.82. The van der Waals surface area contributed by atoms with E-state index in [0.717, 1.165) is 5.56 Å². The van der Waals surface area contributed by atoms with Crippen molar-refractivity contribution in [3.63, 3.8) is 0 Å². The van der Waals surface area contributed by atoms with Crippen molar-refractivity contribution in [1.82, 2.24) is 9.55 Å². The number of carbonyl (C=O) groups excluding carboxylic acids is 1. The molecular weight excluding hydrogens is 346 g/mol. The van der Waals surface area contributed by atoms with Gasteiger partial charge in [-0.3, -0.25) is 14.2 Å². The predicted octanol–water partition coefficient (Wildman–Crippen LogP) is 2.75. The molecule has 0 aliphatic heterocycles. The first-order chi connectivity index (χ1) is 13.0. The number of methoxy groups -OCH3 is 2. The minimum atomic E-state index is -0.203. The van der Waals surface area contributed by atoms with E-state index < -0.39 is 0 Å². The molecule has 3 rings (SSSR count). The average molecular weight is 367 g/mol. The number of hydrogen-bond acceptors (Lipinski definition) is 5.